The van der Waals surface area contributed by atoms with Crippen LogP contribution in [-0.2, 0) is 4.74 Å². The molecule has 1 atom stereocenters. The van der Waals surface area contributed by atoms with Crippen LogP contribution >= 0.6 is 0 Å². The van der Waals surface area contributed by atoms with Gasteiger partial charge in [-0.2, -0.15) is 22.0 Å². The highest BCUT2D eigenvalue weighted by atomic mass is 19.4. The minimum atomic E-state index is -5.61. The highest BCUT2D eigenvalue weighted by Crippen LogP contribution is 2.35. The molecule has 0 spiro atoms. The van der Waals surface area contributed by atoms with Gasteiger partial charge in [-0.1, -0.05) is 0 Å². The molecule has 0 heterocycles. The third kappa shape index (κ3) is 3.86. The Labute approximate surface area is 71.3 Å². The third-order valence-electron chi connectivity index (χ3n) is 1.22. The van der Waals surface area contributed by atoms with Gasteiger partial charge in [0.1, 0.15) is 6.61 Å². The van der Waals surface area contributed by atoms with Crippen molar-refractivity contribution < 1.29 is 31.8 Å². The number of aliphatic hydroxyl groups excluding tert-OH is 1. The zero-order valence-corrected chi connectivity index (χ0v) is 6.74. The van der Waals surface area contributed by atoms with E-state index in [1.165, 1.54) is 6.92 Å². The second kappa shape index (κ2) is 4.19. The first-order valence-electron chi connectivity index (χ1n) is 3.37. The van der Waals surface area contributed by atoms with Crippen molar-refractivity contribution in [2.45, 2.75) is 25.1 Å². The molecule has 80 valence electrons. The molecule has 0 fully saturated rings. The van der Waals surface area contributed by atoms with Crippen molar-refractivity contribution in [2.75, 3.05) is 13.2 Å². The smallest absolute Gasteiger partial charge is 0.394 e. The van der Waals surface area contributed by atoms with Gasteiger partial charge in [-0.3, -0.25) is 0 Å². The summed E-state index contributed by atoms with van der Waals surface area (Å²) in [5, 5.41) is 8.28. The van der Waals surface area contributed by atoms with Crippen LogP contribution in [0.2, 0.25) is 0 Å². The first kappa shape index (κ1) is 12.6. The van der Waals surface area contributed by atoms with Gasteiger partial charge >= 0.3 is 12.1 Å². The molecule has 1 N–H and O–H groups in total. The molecule has 7 heteroatoms. The largest absolute Gasteiger partial charge is 0.455 e. The van der Waals surface area contributed by atoms with E-state index in [1.807, 2.05) is 0 Å². The maximum absolute atomic E-state index is 12.1. The van der Waals surface area contributed by atoms with E-state index in [4.69, 9.17) is 5.11 Å². The summed E-state index contributed by atoms with van der Waals surface area (Å²) in [6, 6.07) is 0. The van der Waals surface area contributed by atoms with Gasteiger partial charge in [0.25, 0.3) is 0 Å². The van der Waals surface area contributed by atoms with Crippen LogP contribution in [0.4, 0.5) is 22.0 Å². The molecular formula is C6H9F5O2. The highest BCUT2D eigenvalue weighted by molar-refractivity contribution is 4.75. The summed E-state index contributed by atoms with van der Waals surface area (Å²) in [6.07, 6.45) is -6.64. The standard InChI is InChI=1S/C6H9F5O2/c1-4(2-12)13-3-5(7,8)6(9,10)11/h4,12H,2-3H2,1H3. The minimum absolute atomic E-state index is 0.603. The molecule has 0 aromatic rings. The van der Waals surface area contributed by atoms with Gasteiger partial charge in [0.05, 0.1) is 12.7 Å². The van der Waals surface area contributed by atoms with Gasteiger partial charge in [-0.15, -0.1) is 0 Å². The Bertz CT molecular complexity index is 156. The number of halogens is 5. The minimum Gasteiger partial charge on any atom is -0.394 e. The average Bonchev–Trinajstić information content (AvgIpc) is 1.98. The van der Waals surface area contributed by atoms with Crippen molar-refractivity contribution in [1.82, 2.24) is 0 Å². The first-order valence-corrected chi connectivity index (χ1v) is 3.37. The van der Waals surface area contributed by atoms with Crippen LogP contribution in [0.5, 0.6) is 0 Å². The molecule has 0 aromatic carbocycles. The van der Waals surface area contributed by atoms with Crippen LogP contribution in [0.3, 0.4) is 0 Å². The predicted molar refractivity (Wildman–Crippen MR) is 33.5 cm³/mol. The van der Waals surface area contributed by atoms with Crippen molar-refractivity contribution in [1.29, 1.82) is 0 Å². The van der Waals surface area contributed by atoms with E-state index in [0.717, 1.165) is 0 Å². The zero-order chi connectivity index (χ0) is 10.7. The van der Waals surface area contributed by atoms with Crippen LogP contribution in [0.25, 0.3) is 0 Å². The maximum atomic E-state index is 12.1. The SMILES string of the molecule is CC(CO)OCC(F)(F)C(F)(F)F. The van der Waals surface area contributed by atoms with Crippen molar-refractivity contribution in [3.63, 3.8) is 0 Å². The van der Waals surface area contributed by atoms with Gasteiger partial charge in [0.2, 0.25) is 0 Å². The lowest BCUT2D eigenvalue weighted by Gasteiger charge is -2.20. The van der Waals surface area contributed by atoms with Crippen molar-refractivity contribution >= 4 is 0 Å². The van der Waals surface area contributed by atoms with Crippen LogP contribution in [0, 0.1) is 0 Å². The van der Waals surface area contributed by atoms with E-state index >= 15 is 0 Å². The zero-order valence-electron chi connectivity index (χ0n) is 6.74. The van der Waals surface area contributed by atoms with E-state index < -0.39 is 31.4 Å². The molecule has 0 radical (unpaired) electrons. The van der Waals surface area contributed by atoms with Crippen molar-refractivity contribution in [2.24, 2.45) is 0 Å². The van der Waals surface area contributed by atoms with Gasteiger partial charge in [-0.25, -0.2) is 0 Å². The van der Waals surface area contributed by atoms with Crippen LogP contribution in [0.1, 0.15) is 6.92 Å². The first-order chi connectivity index (χ1) is 5.70. The summed E-state index contributed by atoms with van der Waals surface area (Å²) >= 11 is 0. The summed E-state index contributed by atoms with van der Waals surface area (Å²) in [5.41, 5.74) is 0. The van der Waals surface area contributed by atoms with E-state index in [-0.39, 0.29) is 0 Å². The fourth-order valence-corrected chi connectivity index (χ4v) is 0.381. The lowest BCUT2D eigenvalue weighted by Crippen LogP contribution is -2.41. The number of alkyl halides is 5. The molecule has 0 aliphatic carbocycles. The molecule has 0 saturated carbocycles. The second-order valence-electron chi connectivity index (χ2n) is 2.51. The number of hydrogen-bond donors (Lipinski definition) is 1. The Hall–Kier alpha value is -0.430. The molecular weight excluding hydrogens is 199 g/mol. The fourth-order valence-electron chi connectivity index (χ4n) is 0.381. The molecule has 0 rings (SSSR count). The molecule has 1 unspecified atom stereocenters. The monoisotopic (exact) mass is 208 g/mol. The topological polar surface area (TPSA) is 29.5 Å². The van der Waals surface area contributed by atoms with E-state index in [9.17, 15) is 22.0 Å². The predicted octanol–water partition coefficient (Wildman–Crippen LogP) is 1.58. The molecule has 0 bridgehead atoms. The Morgan fingerprint density at radius 2 is 1.69 bits per heavy atom. The lowest BCUT2D eigenvalue weighted by molar-refractivity contribution is -0.300. The van der Waals surface area contributed by atoms with E-state index in [0.29, 0.717) is 0 Å². The molecule has 13 heavy (non-hydrogen) atoms. The van der Waals surface area contributed by atoms with Gasteiger partial charge in [0.15, 0.2) is 0 Å². The summed E-state index contributed by atoms with van der Waals surface area (Å²) in [5.74, 6) is -4.86. The van der Waals surface area contributed by atoms with Crippen molar-refractivity contribution in [3.05, 3.63) is 0 Å². The number of rotatable bonds is 4. The molecule has 0 aromatic heterocycles. The number of aliphatic hydroxyl groups is 1. The highest BCUT2D eigenvalue weighted by Gasteiger charge is 2.57. The molecule has 0 amide bonds. The summed E-state index contributed by atoms with van der Waals surface area (Å²) in [7, 11) is 0. The number of ether oxygens (including phenoxy) is 1. The van der Waals surface area contributed by atoms with Crippen LogP contribution < -0.4 is 0 Å². The summed E-state index contributed by atoms with van der Waals surface area (Å²) in [4.78, 5) is 0. The Kier molecular flexibility index (Phi) is 4.05. The maximum Gasteiger partial charge on any atom is 0.455 e. The second-order valence-corrected chi connectivity index (χ2v) is 2.51. The Morgan fingerprint density at radius 3 is 2.00 bits per heavy atom. The Morgan fingerprint density at radius 1 is 1.23 bits per heavy atom. The third-order valence-corrected chi connectivity index (χ3v) is 1.22. The fraction of sp³-hybridized carbons (Fsp3) is 1.00. The molecule has 0 saturated heterocycles. The van der Waals surface area contributed by atoms with E-state index in [2.05, 4.69) is 4.74 Å². The van der Waals surface area contributed by atoms with Crippen molar-refractivity contribution in [3.8, 4) is 0 Å². The molecule has 0 aliphatic heterocycles. The molecule has 0 aliphatic rings. The van der Waals surface area contributed by atoms with Crippen LogP contribution in [0.15, 0.2) is 0 Å². The normalized spacial score (nSPS) is 15.9. The number of hydrogen-bond acceptors (Lipinski definition) is 2. The van der Waals surface area contributed by atoms with Gasteiger partial charge in [0, 0.05) is 0 Å². The van der Waals surface area contributed by atoms with Crippen LogP contribution in [-0.4, -0.2) is 36.5 Å². The Balaban J connectivity index is 4.04. The lowest BCUT2D eigenvalue weighted by atomic mass is 10.3. The quantitative estimate of drug-likeness (QED) is 0.711. The molecule has 2 nitrogen and oxygen atoms in total. The average molecular weight is 208 g/mol. The van der Waals surface area contributed by atoms with Gasteiger partial charge < -0.3 is 9.84 Å². The van der Waals surface area contributed by atoms with Gasteiger partial charge in [-0.05, 0) is 6.92 Å². The summed E-state index contributed by atoms with van der Waals surface area (Å²) in [6.45, 7) is -1.18. The van der Waals surface area contributed by atoms with E-state index in [1.54, 1.807) is 0 Å². The summed E-state index contributed by atoms with van der Waals surface area (Å²) < 4.78 is 62.7.